The van der Waals surface area contributed by atoms with Crippen LogP contribution in [-0.2, 0) is 0 Å². The number of likely N-dealkylation sites (N-methyl/N-ethyl adjacent to an activating group) is 3. The van der Waals surface area contributed by atoms with Crippen molar-refractivity contribution in [3.8, 4) is 0 Å². The molecule has 0 fully saturated rings. The van der Waals surface area contributed by atoms with Gasteiger partial charge in [-0.15, -0.1) is 0 Å². The molecule has 0 aliphatic carbocycles. The highest BCUT2D eigenvalue weighted by Gasteiger charge is 1.98. The summed E-state index contributed by atoms with van der Waals surface area (Å²) in [7, 11) is 8.38. The van der Waals surface area contributed by atoms with Crippen LogP contribution >= 0.6 is 0 Å². The Morgan fingerprint density at radius 1 is 0.706 bits per heavy atom. The van der Waals surface area contributed by atoms with Crippen molar-refractivity contribution in [1.29, 1.82) is 0 Å². The molecule has 0 saturated carbocycles. The summed E-state index contributed by atoms with van der Waals surface area (Å²) in [6.45, 7) is 8.61. The lowest BCUT2D eigenvalue weighted by Crippen LogP contribution is -2.37. The fourth-order valence-corrected chi connectivity index (χ4v) is 1.39. The topological polar surface area (TPSA) is 42.6 Å². The van der Waals surface area contributed by atoms with Gasteiger partial charge in [-0.3, -0.25) is 0 Å². The minimum atomic E-state index is 1.03. The number of nitrogens with zero attached hydrogens (tertiary/aromatic N) is 2. The summed E-state index contributed by atoms with van der Waals surface area (Å²) in [5.41, 5.74) is 0. The van der Waals surface area contributed by atoms with Gasteiger partial charge < -0.3 is 25.8 Å². The lowest BCUT2D eigenvalue weighted by Gasteiger charge is -2.19. The maximum atomic E-state index is 3.44. The highest BCUT2D eigenvalue weighted by molar-refractivity contribution is 4.58. The van der Waals surface area contributed by atoms with Crippen LogP contribution in [-0.4, -0.2) is 90.3 Å². The molecule has 0 aromatic rings. The number of hydrogen-bond donors (Lipinski definition) is 3. The van der Waals surface area contributed by atoms with Crippen LogP contribution in [0.25, 0.3) is 0 Å². The number of nitrogens with one attached hydrogen (secondary N) is 3. The quantitative estimate of drug-likeness (QED) is 0.380. The first-order valence-corrected chi connectivity index (χ1v) is 6.56. The Balaban J connectivity index is 3.11. The zero-order chi connectivity index (χ0) is 12.9. The van der Waals surface area contributed by atoms with E-state index >= 15 is 0 Å². The van der Waals surface area contributed by atoms with Gasteiger partial charge >= 0.3 is 0 Å². The first-order chi connectivity index (χ1) is 8.16. The van der Waals surface area contributed by atoms with Gasteiger partial charge in [0.25, 0.3) is 0 Å². The normalized spacial score (nSPS) is 11.6. The molecule has 0 aliphatic rings. The van der Waals surface area contributed by atoms with Crippen LogP contribution in [0, 0.1) is 0 Å². The molecular weight excluding hydrogens is 214 g/mol. The van der Waals surface area contributed by atoms with E-state index in [1.165, 1.54) is 0 Å². The van der Waals surface area contributed by atoms with Crippen LogP contribution < -0.4 is 16.0 Å². The van der Waals surface area contributed by atoms with Crippen LogP contribution in [0.15, 0.2) is 0 Å². The zero-order valence-electron chi connectivity index (χ0n) is 12.1. The fourth-order valence-electron chi connectivity index (χ4n) is 1.39. The molecule has 0 atom stereocenters. The molecule has 0 spiro atoms. The van der Waals surface area contributed by atoms with Crippen molar-refractivity contribution in [2.24, 2.45) is 0 Å². The van der Waals surface area contributed by atoms with Gasteiger partial charge in [0.15, 0.2) is 0 Å². The van der Waals surface area contributed by atoms with Gasteiger partial charge in [0, 0.05) is 52.4 Å². The molecular formula is C12H31N5. The van der Waals surface area contributed by atoms with Crippen molar-refractivity contribution in [3.63, 3.8) is 0 Å². The van der Waals surface area contributed by atoms with E-state index in [1.807, 2.05) is 7.05 Å². The molecule has 0 heterocycles. The monoisotopic (exact) mass is 245 g/mol. The largest absolute Gasteiger partial charge is 0.318 e. The van der Waals surface area contributed by atoms with Gasteiger partial charge in [-0.25, -0.2) is 0 Å². The van der Waals surface area contributed by atoms with Gasteiger partial charge in [-0.05, 0) is 28.2 Å². The first-order valence-electron chi connectivity index (χ1n) is 6.56. The van der Waals surface area contributed by atoms with E-state index in [1.54, 1.807) is 0 Å². The van der Waals surface area contributed by atoms with E-state index in [9.17, 15) is 0 Å². The van der Waals surface area contributed by atoms with Crippen molar-refractivity contribution in [1.82, 2.24) is 25.8 Å². The van der Waals surface area contributed by atoms with Crippen LogP contribution in [0.1, 0.15) is 0 Å². The van der Waals surface area contributed by atoms with Crippen molar-refractivity contribution in [3.05, 3.63) is 0 Å². The zero-order valence-corrected chi connectivity index (χ0v) is 12.1. The Labute approximate surface area is 107 Å². The van der Waals surface area contributed by atoms with E-state index in [4.69, 9.17) is 0 Å². The second-order valence-corrected chi connectivity index (χ2v) is 4.71. The molecule has 3 N–H and O–H groups in total. The molecule has 0 aromatic heterocycles. The van der Waals surface area contributed by atoms with Crippen LogP contribution in [0.4, 0.5) is 0 Å². The molecule has 0 rings (SSSR count). The average Bonchev–Trinajstić information content (AvgIpc) is 2.30. The third kappa shape index (κ3) is 13.7. The Hall–Kier alpha value is -0.200. The second kappa shape index (κ2) is 12.3. The SMILES string of the molecule is CNCCNCCNCCN(C)CCN(C)C. The fraction of sp³-hybridized carbons (Fsp3) is 1.00. The number of hydrogen-bond acceptors (Lipinski definition) is 5. The van der Waals surface area contributed by atoms with E-state index in [-0.39, 0.29) is 0 Å². The smallest absolute Gasteiger partial charge is 0.0107 e. The first kappa shape index (κ1) is 16.8. The summed E-state index contributed by atoms with van der Waals surface area (Å²) in [4.78, 5) is 4.58. The molecule has 5 nitrogen and oxygen atoms in total. The van der Waals surface area contributed by atoms with Crippen molar-refractivity contribution in [2.45, 2.75) is 0 Å². The van der Waals surface area contributed by atoms with E-state index < -0.39 is 0 Å². The van der Waals surface area contributed by atoms with Gasteiger partial charge in [0.05, 0.1) is 0 Å². The maximum Gasteiger partial charge on any atom is 0.0107 e. The molecule has 0 amide bonds. The molecule has 0 radical (unpaired) electrons. The minimum absolute atomic E-state index is 1.03. The Bertz CT molecular complexity index is 152. The van der Waals surface area contributed by atoms with Gasteiger partial charge in [-0.1, -0.05) is 0 Å². The van der Waals surface area contributed by atoms with Crippen LogP contribution in [0.2, 0.25) is 0 Å². The van der Waals surface area contributed by atoms with Crippen molar-refractivity contribution < 1.29 is 0 Å². The third-order valence-electron chi connectivity index (χ3n) is 2.63. The van der Waals surface area contributed by atoms with E-state index in [2.05, 4.69) is 46.9 Å². The standard InChI is InChI=1S/C12H31N5/c1-13-5-6-14-7-8-15-9-10-17(4)12-11-16(2)3/h13-15H,5-12H2,1-4H3. The van der Waals surface area contributed by atoms with E-state index in [0.29, 0.717) is 0 Å². The Kier molecular flexibility index (Phi) is 12.1. The number of rotatable bonds is 12. The van der Waals surface area contributed by atoms with Crippen LogP contribution in [0.3, 0.4) is 0 Å². The van der Waals surface area contributed by atoms with Gasteiger partial charge in [0.2, 0.25) is 0 Å². The Morgan fingerprint density at radius 3 is 1.88 bits per heavy atom. The highest BCUT2D eigenvalue weighted by atomic mass is 15.2. The Morgan fingerprint density at radius 2 is 1.29 bits per heavy atom. The minimum Gasteiger partial charge on any atom is -0.318 e. The summed E-state index contributed by atoms with van der Waals surface area (Å²) in [5.74, 6) is 0. The molecule has 17 heavy (non-hydrogen) atoms. The second-order valence-electron chi connectivity index (χ2n) is 4.71. The predicted molar refractivity (Wildman–Crippen MR) is 75.7 cm³/mol. The van der Waals surface area contributed by atoms with E-state index in [0.717, 1.165) is 52.4 Å². The predicted octanol–water partition coefficient (Wildman–Crippen LogP) is -1.12. The van der Waals surface area contributed by atoms with Gasteiger partial charge in [0.1, 0.15) is 0 Å². The summed E-state index contributed by atoms with van der Waals surface area (Å²) >= 11 is 0. The molecule has 0 unspecified atom stereocenters. The molecule has 0 saturated heterocycles. The summed E-state index contributed by atoms with van der Waals surface area (Å²) in [6, 6.07) is 0. The third-order valence-corrected chi connectivity index (χ3v) is 2.63. The lowest BCUT2D eigenvalue weighted by atomic mass is 10.4. The van der Waals surface area contributed by atoms with Crippen molar-refractivity contribution >= 4 is 0 Å². The van der Waals surface area contributed by atoms with Crippen LogP contribution in [0.5, 0.6) is 0 Å². The van der Waals surface area contributed by atoms with Gasteiger partial charge in [-0.2, -0.15) is 0 Å². The molecule has 0 aromatic carbocycles. The molecule has 5 heteroatoms. The maximum absolute atomic E-state index is 3.44. The van der Waals surface area contributed by atoms with Crippen molar-refractivity contribution in [2.75, 3.05) is 80.5 Å². The molecule has 0 aliphatic heterocycles. The molecule has 104 valence electrons. The lowest BCUT2D eigenvalue weighted by molar-refractivity contribution is 0.281. The summed E-state index contributed by atoms with van der Waals surface area (Å²) in [6.07, 6.45) is 0. The summed E-state index contributed by atoms with van der Waals surface area (Å²) in [5, 5.41) is 9.93. The summed E-state index contributed by atoms with van der Waals surface area (Å²) < 4.78 is 0. The highest BCUT2D eigenvalue weighted by Crippen LogP contribution is 1.82. The average molecular weight is 245 g/mol. The molecule has 0 bridgehead atoms.